The molecule has 0 radical (unpaired) electrons. The van der Waals surface area contributed by atoms with Gasteiger partial charge >= 0.3 is 24.1 Å². The number of carbonyl (C=O) groups is 4. The van der Waals surface area contributed by atoms with Crippen molar-refractivity contribution >= 4 is 24.1 Å². The molecule has 0 N–H and O–H groups in total. The Balaban J connectivity index is 1.91. The Bertz CT molecular complexity index is 818. The van der Waals surface area contributed by atoms with Crippen molar-refractivity contribution in [1.29, 1.82) is 0 Å². The number of likely N-dealkylation sites (N-methyl/N-ethyl adjacent to an activating group) is 2. The summed E-state index contributed by atoms with van der Waals surface area (Å²) in [6.07, 6.45) is 3.95. The summed E-state index contributed by atoms with van der Waals surface area (Å²) in [4.78, 5) is 52.4. The van der Waals surface area contributed by atoms with Crippen LogP contribution < -0.4 is 0 Å². The molecule has 0 saturated heterocycles. The summed E-state index contributed by atoms with van der Waals surface area (Å²) in [5.41, 5.74) is -1.34. The molecule has 1 fully saturated rings. The third-order valence-electron chi connectivity index (χ3n) is 6.84. The lowest BCUT2D eigenvalue weighted by atomic mass is 9.84. The first-order chi connectivity index (χ1) is 16.9. The molecule has 2 amide bonds. The smallest absolute Gasteiger partial charge is 0.410 e. The van der Waals surface area contributed by atoms with Crippen molar-refractivity contribution in [3.05, 3.63) is 12.2 Å². The first kappa shape index (κ1) is 30.4. The van der Waals surface area contributed by atoms with E-state index >= 15 is 0 Å². The molecule has 2 rings (SSSR count). The van der Waals surface area contributed by atoms with Gasteiger partial charge in [-0.15, -0.1) is 0 Å². The largest absolute Gasteiger partial charge is 0.464 e. The van der Waals surface area contributed by atoms with Crippen LogP contribution in [0.1, 0.15) is 61.8 Å². The van der Waals surface area contributed by atoms with Gasteiger partial charge in [0, 0.05) is 25.9 Å². The van der Waals surface area contributed by atoms with Crippen LogP contribution >= 0.6 is 0 Å². The van der Waals surface area contributed by atoms with Gasteiger partial charge in [-0.05, 0) is 73.6 Å². The number of allylic oxidation sites excluding steroid dienone is 2. The minimum absolute atomic E-state index is 0.00956. The molecular weight excluding hydrogens is 480 g/mol. The van der Waals surface area contributed by atoms with E-state index in [1.165, 1.54) is 23.9 Å². The van der Waals surface area contributed by atoms with Gasteiger partial charge in [0.15, 0.2) is 0 Å². The molecule has 2 bridgehead atoms. The Morgan fingerprint density at radius 1 is 0.730 bits per heavy atom. The minimum atomic E-state index is -0.815. The number of esters is 2. The Kier molecular flexibility index (Phi) is 9.65. The number of carbonyl (C=O) groups excluding carboxylic acids is 4. The van der Waals surface area contributed by atoms with Crippen LogP contribution in [0.25, 0.3) is 0 Å². The van der Waals surface area contributed by atoms with Crippen molar-refractivity contribution in [3.63, 3.8) is 0 Å². The van der Waals surface area contributed by atoms with Gasteiger partial charge in [-0.2, -0.15) is 0 Å². The van der Waals surface area contributed by atoms with Gasteiger partial charge in [0.1, 0.15) is 23.3 Å². The second-order valence-electron chi connectivity index (χ2n) is 12.1. The lowest BCUT2D eigenvalue weighted by molar-refractivity contribution is -0.154. The zero-order chi connectivity index (χ0) is 28.3. The Hall–Kier alpha value is -2.78. The molecule has 10 nitrogen and oxygen atoms in total. The zero-order valence-corrected chi connectivity index (χ0v) is 23.9. The zero-order valence-electron chi connectivity index (χ0n) is 23.9. The predicted octanol–water partition coefficient (Wildman–Crippen LogP) is 4.02. The summed E-state index contributed by atoms with van der Waals surface area (Å²) in [6, 6.07) is -1.63. The van der Waals surface area contributed by atoms with Crippen LogP contribution in [-0.2, 0) is 28.5 Å². The fourth-order valence-electron chi connectivity index (χ4n) is 4.42. The summed E-state index contributed by atoms with van der Waals surface area (Å²) in [5.74, 6) is -0.620. The van der Waals surface area contributed by atoms with E-state index in [0.717, 1.165) is 6.42 Å². The van der Waals surface area contributed by atoms with Crippen LogP contribution in [0.4, 0.5) is 9.59 Å². The van der Waals surface area contributed by atoms with E-state index in [1.807, 2.05) is 0 Å². The fourth-order valence-corrected chi connectivity index (χ4v) is 4.42. The quantitative estimate of drug-likeness (QED) is 0.266. The van der Waals surface area contributed by atoms with Crippen molar-refractivity contribution in [2.45, 2.75) is 85.1 Å². The molecule has 0 aliphatic heterocycles. The first-order valence-electron chi connectivity index (χ1n) is 12.8. The van der Waals surface area contributed by atoms with Gasteiger partial charge in [-0.1, -0.05) is 12.2 Å². The van der Waals surface area contributed by atoms with Gasteiger partial charge in [0.2, 0.25) is 0 Å². The molecular formula is C27H44N2O8. The average Bonchev–Trinajstić information content (AvgIpc) is 3.38. The maximum absolute atomic E-state index is 12.7. The van der Waals surface area contributed by atoms with E-state index in [4.69, 9.17) is 18.9 Å². The number of fused-ring (bicyclic) bond motifs is 2. The fraction of sp³-hybridized carbons (Fsp3) is 0.778. The van der Waals surface area contributed by atoms with Crippen molar-refractivity contribution in [2.75, 3.05) is 27.3 Å². The maximum atomic E-state index is 12.7. The van der Waals surface area contributed by atoms with Crippen molar-refractivity contribution in [2.24, 2.45) is 23.7 Å². The lowest BCUT2D eigenvalue weighted by Gasteiger charge is -2.31. The normalized spacial score (nSPS) is 24.2. The Morgan fingerprint density at radius 2 is 1.05 bits per heavy atom. The molecule has 0 heterocycles. The van der Waals surface area contributed by atoms with E-state index in [9.17, 15) is 19.2 Å². The summed E-state index contributed by atoms with van der Waals surface area (Å²) in [6.45, 7) is 14.0. The third kappa shape index (κ3) is 8.36. The van der Waals surface area contributed by atoms with Gasteiger partial charge < -0.3 is 18.9 Å². The van der Waals surface area contributed by atoms with E-state index in [1.54, 1.807) is 55.4 Å². The summed E-state index contributed by atoms with van der Waals surface area (Å²) < 4.78 is 21.9. The molecule has 37 heavy (non-hydrogen) atoms. The molecule has 0 aromatic carbocycles. The highest BCUT2D eigenvalue weighted by molar-refractivity contribution is 5.81. The van der Waals surface area contributed by atoms with Crippen molar-refractivity contribution in [3.8, 4) is 0 Å². The van der Waals surface area contributed by atoms with E-state index in [2.05, 4.69) is 12.2 Å². The molecule has 2 aliphatic carbocycles. The molecule has 0 aromatic rings. The standard InChI is InChI=1S/C27H44N2O8/c1-16(28(9)24(32)36-26(3,4)5)22(30)34-14-20-18-11-12-19(13-18)21(20)15-35-23(31)17(2)29(10)25(33)37-27(6,7)8/h11-12,16-21H,13-15H2,1-10H3/t16-,17-,18-,19+,20+,21-/m0/s1. The second-order valence-corrected chi connectivity index (χ2v) is 12.1. The van der Waals surface area contributed by atoms with Gasteiger partial charge in [0.25, 0.3) is 0 Å². The Labute approximate surface area is 220 Å². The SMILES string of the molecule is C[C@@H](C(=O)OC[C@@H]1[C@H](COC(=O)[C@H](C)N(C)C(=O)OC(C)(C)C)[C@H]2C=C[C@@H]1C2)N(C)C(=O)OC(C)(C)C. The highest BCUT2D eigenvalue weighted by Gasteiger charge is 2.46. The monoisotopic (exact) mass is 524 g/mol. The number of rotatable bonds is 8. The summed E-state index contributed by atoms with van der Waals surface area (Å²) in [5, 5.41) is 0. The molecule has 0 unspecified atom stereocenters. The van der Waals surface area contributed by atoms with Crippen LogP contribution in [0.15, 0.2) is 12.2 Å². The summed E-state index contributed by atoms with van der Waals surface area (Å²) >= 11 is 0. The molecule has 10 heteroatoms. The first-order valence-corrected chi connectivity index (χ1v) is 12.8. The lowest BCUT2D eigenvalue weighted by Crippen LogP contribution is -2.45. The highest BCUT2D eigenvalue weighted by Crippen LogP contribution is 2.48. The minimum Gasteiger partial charge on any atom is -0.464 e. The number of hydrogen-bond acceptors (Lipinski definition) is 8. The van der Waals surface area contributed by atoms with Gasteiger partial charge in [0.05, 0.1) is 13.2 Å². The van der Waals surface area contributed by atoms with Crippen LogP contribution in [0.3, 0.4) is 0 Å². The van der Waals surface area contributed by atoms with Crippen molar-refractivity contribution < 1.29 is 38.1 Å². The molecule has 0 aromatic heterocycles. The van der Waals surface area contributed by atoms with Crippen LogP contribution in [0.2, 0.25) is 0 Å². The molecule has 1 saturated carbocycles. The average molecular weight is 525 g/mol. The van der Waals surface area contributed by atoms with Gasteiger partial charge in [-0.25, -0.2) is 19.2 Å². The molecule has 210 valence electrons. The molecule has 2 aliphatic rings. The third-order valence-corrected chi connectivity index (χ3v) is 6.84. The number of amides is 2. The van der Waals surface area contributed by atoms with E-state index in [0.29, 0.717) is 0 Å². The van der Waals surface area contributed by atoms with E-state index < -0.39 is 47.4 Å². The van der Waals surface area contributed by atoms with Crippen LogP contribution in [0, 0.1) is 23.7 Å². The number of ether oxygens (including phenoxy) is 4. The number of hydrogen-bond donors (Lipinski definition) is 0. The number of nitrogens with zero attached hydrogens (tertiary/aromatic N) is 2. The topological polar surface area (TPSA) is 112 Å². The molecule has 6 atom stereocenters. The molecule has 0 spiro atoms. The van der Waals surface area contributed by atoms with Crippen LogP contribution in [-0.4, -0.2) is 84.5 Å². The van der Waals surface area contributed by atoms with Gasteiger partial charge in [-0.3, -0.25) is 9.80 Å². The predicted molar refractivity (Wildman–Crippen MR) is 137 cm³/mol. The maximum Gasteiger partial charge on any atom is 0.410 e. The van der Waals surface area contributed by atoms with Crippen LogP contribution in [0.5, 0.6) is 0 Å². The highest BCUT2D eigenvalue weighted by atomic mass is 16.6. The van der Waals surface area contributed by atoms with Crippen molar-refractivity contribution in [1.82, 2.24) is 9.80 Å². The Morgan fingerprint density at radius 3 is 1.35 bits per heavy atom. The summed E-state index contributed by atoms with van der Waals surface area (Å²) in [7, 11) is 3.00. The second kappa shape index (κ2) is 11.7. The van der Waals surface area contributed by atoms with E-state index in [-0.39, 0.29) is 36.9 Å².